The predicted molar refractivity (Wildman–Crippen MR) is 90.4 cm³/mol. The van der Waals surface area contributed by atoms with Crippen LogP contribution in [0.15, 0.2) is 58.4 Å². The summed E-state index contributed by atoms with van der Waals surface area (Å²) in [6.45, 7) is 0. The Balaban J connectivity index is 1.89. The minimum Gasteiger partial charge on any atom is -0.397 e. The zero-order chi connectivity index (χ0) is 17.1. The molecular weight excluding hydrogens is 311 g/mol. The number of aromatic amines is 1. The number of aromatic nitrogens is 1. The van der Waals surface area contributed by atoms with Crippen molar-refractivity contribution in [2.45, 2.75) is 0 Å². The Morgan fingerprint density at radius 3 is 2.67 bits per heavy atom. The fourth-order valence-electron chi connectivity index (χ4n) is 2.29. The molecule has 1 heterocycles. The number of rotatable bonds is 3. The number of pyridine rings is 1. The summed E-state index contributed by atoms with van der Waals surface area (Å²) in [5, 5.41) is 4.22. The van der Waals surface area contributed by atoms with Gasteiger partial charge in [-0.2, -0.15) is 5.10 Å². The Bertz CT molecular complexity index is 1010. The summed E-state index contributed by atoms with van der Waals surface area (Å²) in [6, 6.07) is 12.8. The van der Waals surface area contributed by atoms with Crippen LogP contribution in [0.4, 0.5) is 10.1 Å². The maximum absolute atomic E-state index is 13.5. The molecule has 1 amide bonds. The van der Waals surface area contributed by atoms with E-state index in [0.29, 0.717) is 10.9 Å². The molecule has 1 aromatic heterocycles. The fourth-order valence-corrected chi connectivity index (χ4v) is 2.29. The maximum Gasteiger partial charge on any atom is 0.279 e. The molecule has 0 aliphatic heterocycles. The average Bonchev–Trinajstić information content (AvgIpc) is 2.56. The predicted octanol–water partition coefficient (Wildman–Crippen LogP) is 2.01. The highest BCUT2D eigenvalue weighted by molar-refractivity contribution is 6.06. The van der Waals surface area contributed by atoms with E-state index in [1.807, 2.05) is 0 Å². The highest BCUT2D eigenvalue weighted by Gasteiger charge is 2.16. The Kier molecular flexibility index (Phi) is 4.07. The van der Waals surface area contributed by atoms with Crippen molar-refractivity contribution in [1.29, 1.82) is 0 Å². The molecule has 0 saturated carbocycles. The first kappa shape index (κ1) is 15.4. The molecule has 0 atom stereocenters. The van der Waals surface area contributed by atoms with Gasteiger partial charge in [0.2, 0.25) is 0 Å². The molecule has 7 heteroatoms. The number of para-hydroxylation sites is 1. The van der Waals surface area contributed by atoms with E-state index in [-0.39, 0.29) is 16.8 Å². The second kappa shape index (κ2) is 6.33. The van der Waals surface area contributed by atoms with Crippen molar-refractivity contribution < 1.29 is 9.18 Å². The molecule has 2 aromatic carbocycles. The van der Waals surface area contributed by atoms with Gasteiger partial charge in [-0.15, -0.1) is 0 Å². The minimum absolute atomic E-state index is 0.0629. The summed E-state index contributed by atoms with van der Waals surface area (Å²) in [6.07, 6.45) is 1.15. The normalized spacial score (nSPS) is 11.0. The van der Waals surface area contributed by atoms with Gasteiger partial charge in [0.05, 0.1) is 17.4 Å². The third-order valence-corrected chi connectivity index (χ3v) is 3.46. The topological polar surface area (TPSA) is 100 Å². The van der Waals surface area contributed by atoms with Crippen LogP contribution in [0.3, 0.4) is 0 Å². The number of halogens is 1. The summed E-state index contributed by atoms with van der Waals surface area (Å²) >= 11 is 0. The first-order chi connectivity index (χ1) is 11.6. The summed E-state index contributed by atoms with van der Waals surface area (Å²) < 4.78 is 13.5. The highest BCUT2D eigenvalue weighted by Crippen LogP contribution is 2.19. The second-order valence-corrected chi connectivity index (χ2v) is 5.01. The molecular formula is C17H13FN4O2. The number of hydrazone groups is 1. The molecule has 0 aliphatic rings. The molecule has 0 radical (unpaired) electrons. The number of nitrogen functional groups attached to an aromatic ring is 1. The smallest absolute Gasteiger partial charge is 0.279 e. The van der Waals surface area contributed by atoms with E-state index < -0.39 is 17.3 Å². The molecule has 0 aliphatic carbocycles. The minimum atomic E-state index is -0.771. The number of amides is 1. The third kappa shape index (κ3) is 2.87. The van der Waals surface area contributed by atoms with Crippen molar-refractivity contribution >= 4 is 28.7 Å². The summed E-state index contributed by atoms with van der Waals surface area (Å²) in [5.41, 5.74) is 8.07. The van der Waals surface area contributed by atoms with Crippen molar-refractivity contribution in [1.82, 2.24) is 10.4 Å². The average molecular weight is 324 g/mol. The lowest BCUT2D eigenvalue weighted by atomic mass is 10.1. The van der Waals surface area contributed by atoms with Crippen LogP contribution in [0.5, 0.6) is 0 Å². The van der Waals surface area contributed by atoms with E-state index in [0.717, 1.165) is 6.21 Å². The van der Waals surface area contributed by atoms with Crippen LogP contribution in [0.1, 0.15) is 15.9 Å². The van der Waals surface area contributed by atoms with Crippen LogP contribution in [-0.2, 0) is 0 Å². The van der Waals surface area contributed by atoms with Gasteiger partial charge in [-0.1, -0.05) is 36.4 Å². The molecule has 0 spiro atoms. The van der Waals surface area contributed by atoms with Gasteiger partial charge in [0, 0.05) is 10.9 Å². The van der Waals surface area contributed by atoms with Crippen LogP contribution in [0.2, 0.25) is 0 Å². The van der Waals surface area contributed by atoms with Crippen LogP contribution in [0, 0.1) is 5.82 Å². The molecule has 120 valence electrons. The van der Waals surface area contributed by atoms with E-state index in [1.54, 1.807) is 36.4 Å². The Labute approximate surface area is 135 Å². The van der Waals surface area contributed by atoms with E-state index in [1.165, 1.54) is 12.1 Å². The Hall–Kier alpha value is -3.48. The molecule has 6 nitrogen and oxygen atoms in total. The Morgan fingerprint density at radius 2 is 1.88 bits per heavy atom. The molecule has 24 heavy (non-hydrogen) atoms. The van der Waals surface area contributed by atoms with Crippen LogP contribution >= 0.6 is 0 Å². The quantitative estimate of drug-likeness (QED) is 0.507. The van der Waals surface area contributed by atoms with Gasteiger partial charge < -0.3 is 10.7 Å². The lowest BCUT2D eigenvalue weighted by Gasteiger charge is -2.07. The lowest BCUT2D eigenvalue weighted by molar-refractivity contribution is 0.0954. The first-order valence-electron chi connectivity index (χ1n) is 7.06. The number of nitrogens with zero attached hydrogens (tertiary/aromatic N) is 1. The molecule has 3 rings (SSSR count). The number of nitrogens with two attached hydrogens (primary N) is 1. The van der Waals surface area contributed by atoms with E-state index in [9.17, 15) is 14.0 Å². The summed E-state index contributed by atoms with van der Waals surface area (Å²) in [4.78, 5) is 26.9. The SMILES string of the molecule is Nc1c(C(=O)N/N=C/c2ccccc2F)c(=O)[nH]c2ccccc12. The summed E-state index contributed by atoms with van der Waals surface area (Å²) in [7, 11) is 0. The van der Waals surface area contributed by atoms with Gasteiger partial charge in [0.15, 0.2) is 0 Å². The molecule has 4 N–H and O–H groups in total. The standard InChI is InChI=1S/C17H13FN4O2/c18-12-7-3-1-5-10(12)9-20-22-17(24)14-15(19)11-6-2-4-8-13(11)21-16(14)23/h1-9H,(H,22,24)(H3,19,21,23)/b20-9+. The Morgan fingerprint density at radius 1 is 1.17 bits per heavy atom. The van der Waals surface area contributed by atoms with E-state index >= 15 is 0 Å². The van der Waals surface area contributed by atoms with E-state index in [2.05, 4.69) is 15.5 Å². The van der Waals surface area contributed by atoms with Crippen molar-refractivity contribution in [3.63, 3.8) is 0 Å². The van der Waals surface area contributed by atoms with Crippen molar-refractivity contribution in [3.8, 4) is 0 Å². The maximum atomic E-state index is 13.5. The third-order valence-electron chi connectivity index (χ3n) is 3.46. The monoisotopic (exact) mass is 324 g/mol. The number of hydrogen-bond acceptors (Lipinski definition) is 4. The highest BCUT2D eigenvalue weighted by atomic mass is 19.1. The van der Waals surface area contributed by atoms with Crippen molar-refractivity contribution in [2.24, 2.45) is 5.10 Å². The number of hydrogen-bond donors (Lipinski definition) is 3. The van der Waals surface area contributed by atoms with E-state index in [4.69, 9.17) is 5.73 Å². The number of nitrogens with one attached hydrogen (secondary N) is 2. The first-order valence-corrected chi connectivity index (χ1v) is 7.06. The number of anilines is 1. The second-order valence-electron chi connectivity index (χ2n) is 5.01. The molecule has 0 saturated heterocycles. The number of fused-ring (bicyclic) bond motifs is 1. The molecule has 0 unspecified atom stereocenters. The largest absolute Gasteiger partial charge is 0.397 e. The molecule has 0 fully saturated rings. The zero-order valence-corrected chi connectivity index (χ0v) is 12.4. The number of carbonyl (C=O) groups excluding carboxylic acids is 1. The molecule has 3 aromatic rings. The van der Waals surface area contributed by atoms with Gasteiger partial charge in [-0.05, 0) is 12.1 Å². The zero-order valence-electron chi connectivity index (χ0n) is 12.4. The van der Waals surface area contributed by atoms with Gasteiger partial charge >= 0.3 is 0 Å². The fraction of sp³-hybridized carbons (Fsp3) is 0. The summed E-state index contributed by atoms with van der Waals surface area (Å²) in [5.74, 6) is -1.24. The van der Waals surface area contributed by atoms with Crippen LogP contribution in [-0.4, -0.2) is 17.1 Å². The molecule has 0 bridgehead atoms. The van der Waals surface area contributed by atoms with Crippen molar-refractivity contribution in [2.75, 3.05) is 5.73 Å². The van der Waals surface area contributed by atoms with Gasteiger partial charge in [0.25, 0.3) is 11.5 Å². The number of H-pyrrole nitrogens is 1. The van der Waals surface area contributed by atoms with Gasteiger partial charge in [-0.3, -0.25) is 9.59 Å². The number of benzene rings is 2. The van der Waals surface area contributed by atoms with Crippen molar-refractivity contribution in [3.05, 3.63) is 75.8 Å². The lowest BCUT2D eigenvalue weighted by Crippen LogP contribution is -2.28. The number of carbonyl (C=O) groups is 1. The van der Waals surface area contributed by atoms with Gasteiger partial charge in [-0.25, -0.2) is 9.82 Å². The van der Waals surface area contributed by atoms with Crippen LogP contribution in [0.25, 0.3) is 10.9 Å². The van der Waals surface area contributed by atoms with Crippen LogP contribution < -0.4 is 16.7 Å². The van der Waals surface area contributed by atoms with Gasteiger partial charge in [0.1, 0.15) is 11.4 Å².